The third kappa shape index (κ3) is 3.06. The Morgan fingerprint density at radius 3 is 2.67 bits per heavy atom. The summed E-state index contributed by atoms with van der Waals surface area (Å²) in [6.45, 7) is 0.374. The summed E-state index contributed by atoms with van der Waals surface area (Å²) < 4.78 is 0. The van der Waals surface area contributed by atoms with Crippen molar-refractivity contribution in [3.05, 3.63) is 35.4 Å². The first-order valence-corrected chi connectivity index (χ1v) is 9.03. The molecular weight excluding hydrogens is 298 g/mol. The van der Waals surface area contributed by atoms with Gasteiger partial charge >= 0.3 is 0 Å². The molecule has 3 rings (SSSR count). The molecule has 1 aromatic rings. The molecule has 0 N–H and O–H groups in total. The van der Waals surface area contributed by atoms with Crippen LogP contribution in [0.5, 0.6) is 0 Å². The first-order valence-electron chi connectivity index (χ1n) is 9.03. The number of carbonyl (C=O) groups excluding carboxylic acids is 1. The van der Waals surface area contributed by atoms with Crippen LogP contribution in [0.3, 0.4) is 0 Å². The van der Waals surface area contributed by atoms with E-state index in [1.165, 1.54) is 17.5 Å². The van der Waals surface area contributed by atoms with Crippen molar-refractivity contribution >= 4 is 5.91 Å². The molecule has 1 fully saturated rings. The highest BCUT2D eigenvalue weighted by Crippen LogP contribution is 2.36. The molecule has 1 amide bonds. The van der Waals surface area contributed by atoms with Gasteiger partial charge in [0.25, 0.3) is 0 Å². The molecule has 128 valence electrons. The van der Waals surface area contributed by atoms with E-state index in [1.807, 2.05) is 14.1 Å². The van der Waals surface area contributed by atoms with Crippen molar-refractivity contribution in [3.8, 4) is 6.07 Å². The molecule has 2 aliphatic carbocycles. The van der Waals surface area contributed by atoms with Crippen LogP contribution in [0.4, 0.5) is 0 Å². The zero-order chi connectivity index (χ0) is 17.2. The number of likely N-dealkylation sites (N-methyl/N-ethyl adjacent to an activating group) is 2. The molecule has 1 atom stereocenters. The lowest BCUT2D eigenvalue weighted by molar-refractivity contribution is -0.136. The highest BCUT2D eigenvalue weighted by Gasteiger charge is 2.39. The van der Waals surface area contributed by atoms with Gasteiger partial charge in [-0.3, -0.25) is 9.69 Å². The van der Waals surface area contributed by atoms with Gasteiger partial charge in [0.05, 0.1) is 12.6 Å². The van der Waals surface area contributed by atoms with Gasteiger partial charge in [0.1, 0.15) is 5.54 Å². The third-order valence-corrected chi connectivity index (χ3v) is 5.92. The summed E-state index contributed by atoms with van der Waals surface area (Å²) in [4.78, 5) is 16.7. The van der Waals surface area contributed by atoms with E-state index < -0.39 is 5.54 Å². The zero-order valence-electron chi connectivity index (χ0n) is 14.8. The Morgan fingerprint density at radius 2 is 1.96 bits per heavy atom. The van der Waals surface area contributed by atoms with Crippen molar-refractivity contribution in [2.24, 2.45) is 0 Å². The molecule has 0 bridgehead atoms. The Hall–Kier alpha value is -1.86. The molecule has 0 spiro atoms. The fourth-order valence-electron chi connectivity index (χ4n) is 4.32. The van der Waals surface area contributed by atoms with Crippen LogP contribution in [-0.2, 0) is 11.2 Å². The number of rotatable bonds is 4. The molecule has 0 saturated heterocycles. The van der Waals surface area contributed by atoms with Crippen LogP contribution >= 0.6 is 0 Å². The van der Waals surface area contributed by atoms with E-state index in [0.717, 1.165) is 38.5 Å². The van der Waals surface area contributed by atoms with Crippen LogP contribution in [0.2, 0.25) is 0 Å². The minimum Gasteiger partial charge on any atom is -0.326 e. The van der Waals surface area contributed by atoms with Gasteiger partial charge in [-0.15, -0.1) is 0 Å². The van der Waals surface area contributed by atoms with Crippen molar-refractivity contribution in [2.45, 2.75) is 56.5 Å². The fraction of sp³-hybridized carbons (Fsp3) is 0.600. The predicted molar refractivity (Wildman–Crippen MR) is 94.3 cm³/mol. The monoisotopic (exact) mass is 325 g/mol. The average Bonchev–Trinajstić information content (AvgIpc) is 3.05. The summed E-state index contributed by atoms with van der Waals surface area (Å²) in [5.41, 5.74) is 2.16. The molecular formula is C20H27N3O. The van der Waals surface area contributed by atoms with E-state index in [4.69, 9.17) is 0 Å². The molecule has 2 aliphatic rings. The Balaban J connectivity index is 1.67. The number of benzene rings is 1. The summed E-state index contributed by atoms with van der Waals surface area (Å²) in [5.74, 6) is 0.0605. The van der Waals surface area contributed by atoms with Gasteiger partial charge < -0.3 is 4.90 Å². The highest BCUT2D eigenvalue weighted by atomic mass is 16.2. The lowest BCUT2D eigenvalue weighted by Gasteiger charge is -2.40. The van der Waals surface area contributed by atoms with Crippen molar-refractivity contribution in [1.82, 2.24) is 9.80 Å². The Labute approximate surface area is 145 Å². The minimum atomic E-state index is -0.593. The van der Waals surface area contributed by atoms with Crippen LogP contribution in [0.15, 0.2) is 24.3 Å². The number of hydrogen-bond acceptors (Lipinski definition) is 3. The summed E-state index contributed by atoms with van der Waals surface area (Å²) in [5, 5.41) is 9.68. The number of nitriles is 1. The normalized spacial score (nSPS) is 22.0. The van der Waals surface area contributed by atoms with E-state index in [9.17, 15) is 10.1 Å². The number of fused-ring (bicyclic) bond motifs is 1. The topological polar surface area (TPSA) is 47.3 Å². The maximum absolute atomic E-state index is 12.8. The molecule has 1 aromatic carbocycles. The molecule has 24 heavy (non-hydrogen) atoms. The van der Waals surface area contributed by atoms with Crippen LogP contribution < -0.4 is 0 Å². The summed E-state index contributed by atoms with van der Waals surface area (Å²) in [6.07, 6.45) is 7.01. The maximum Gasteiger partial charge on any atom is 0.237 e. The van der Waals surface area contributed by atoms with Gasteiger partial charge in [-0.1, -0.05) is 43.5 Å². The van der Waals surface area contributed by atoms with Crippen molar-refractivity contribution in [3.63, 3.8) is 0 Å². The van der Waals surface area contributed by atoms with Crippen molar-refractivity contribution in [1.29, 1.82) is 5.26 Å². The molecule has 0 aromatic heterocycles. The van der Waals surface area contributed by atoms with Crippen LogP contribution in [0.25, 0.3) is 0 Å². The number of amides is 1. The van der Waals surface area contributed by atoms with Crippen molar-refractivity contribution < 1.29 is 4.79 Å². The smallest absolute Gasteiger partial charge is 0.237 e. The number of aryl methyl sites for hydroxylation is 1. The van der Waals surface area contributed by atoms with Gasteiger partial charge in [0, 0.05) is 13.1 Å². The first-order chi connectivity index (χ1) is 11.6. The van der Waals surface area contributed by atoms with Crippen LogP contribution in [-0.4, -0.2) is 41.9 Å². The molecule has 1 saturated carbocycles. The second kappa shape index (κ2) is 6.94. The fourth-order valence-corrected chi connectivity index (χ4v) is 4.32. The number of nitrogens with zero attached hydrogens (tertiary/aromatic N) is 3. The Kier molecular flexibility index (Phi) is 4.91. The van der Waals surface area contributed by atoms with E-state index in [1.54, 1.807) is 4.90 Å². The number of carbonyl (C=O) groups is 1. The molecule has 0 radical (unpaired) electrons. The predicted octanol–water partition coefficient (Wildman–Crippen LogP) is 3.29. The quantitative estimate of drug-likeness (QED) is 0.853. The first kappa shape index (κ1) is 17.0. The molecule has 0 aliphatic heterocycles. The standard InChI is InChI=1S/C20H27N3O/c1-22(18-11-10-16-8-4-5-9-17(16)18)14-19(24)23(2)20(15-21)12-6-3-7-13-20/h4-5,8-9,18H,3,6-7,10-14H2,1-2H3. The summed E-state index contributed by atoms with van der Waals surface area (Å²) in [6, 6.07) is 11.3. The second-order valence-corrected chi connectivity index (χ2v) is 7.33. The largest absolute Gasteiger partial charge is 0.326 e. The molecule has 4 nitrogen and oxygen atoms in total. The van der Waals surface area contributed by atoms with Crippen LogP contribution in [0.1, 0.15) is 55.7 Å². The lowest BCUT2D eigenvalue weighted by atomic mass is 9.81. The third-order valence-electron chi connectivity index (χ3n) is 5.92. The summed E-state index contributed by atoms with van der Waals surface area (Å²) >= 11 is 0. The van der Waals surface area contributed by atoms with Gasteiger partial charge in [-0.2, -0.15) is 5.26 Å². The second-order valence-electron chi connectivity index (χ2n) is 7.33. The average molecular weight is 325 g/mol. The zero-order valence-corrected chi connectivity index (χ0v) is 14.8. The molecule has 1 unspecified atom stereocenters. The van der Waals surface area contributed by atoms with E-state index >= 15 is 0 Å². The van der Waals surface area contributed by atoms with Crippen LogP contribution in [0, 0.1) is 11.3 Å². The highest BCUT2D eigenvalue weighted by molar-refractivity contribution is 5.79. The van der Waals surface area contributed by atoms with E-state index in [2.05, 4.69) is 35.2 Å². The Bertz CT molecular complexity index is 643. The van der Waals surface area contributed by atoms with Gasteiger partial charge in [0.2, 0.25) is 5.91 Å². The lowest BCUT2D eigenvalue weighted by Crippen LogP contribution is -2.52. The number of hydrogen-bond donors (Lipinski definition) is 0. The molecule has 4 heteroatoms. The summed E-state index contributed by atoms with van der Waals surface area (Å²) in [7, 11) is 3.84. The minimum absolute atomic E-state index is 0.0605. The van der Waals surface area contributed by atoms with Gasteiger partial charge in [0.15, 0.2) is 0 Å². The van der Waals surface area contributed by atoms with Gasteiger partial charge in [-0.25, -0.2) is 0 Å². The maximum atomic E-state index is 12.8. The van der Waals surface area contributed by atoms with Gasteiger partial charge in [-0.05, 0) is 43.9 Å². The van der Waals surface area contributed by atoms with E-state index in [0.29, 0.717) is 12.6 Å². The Morgan fingerprint density at radius 1 is 1.25 bits per heavy atom. The van der Waals surface area contributed by atoms with Crippen molar-refractivity contribution in [2.75, 3.05) is 20.6 Å². The SMILES string of the molecule is CN(CC(=O)N(C)C1(C#N)CCCCC1)C1CCc2ccccc21. The molecule has 0 heterocycles. The van der Waals surface area contributed by atoms with E-state index in [-0.39, 0.29) is 5.91 Å².